The zero-order valence-electron chi connectivity index (χ0n) is 11.2. The van der Waals surface area contributed by atoms with Crippen molar-refractivity contribution >= 4 is 0 Å². The lowest BCUT2D eigenvalue weighted by Crippen LogP contribution is -2.44. The standard InChI is InChI=1S/C14H29N3/c1-2-5-14(6-3-1)13-16-7-4-10-17-11-8-15-9-12-17/h14-16H,1-13H2. The van der Waals surface area contributed by atoms with E-state index in [2.05, 4.69) is 15.5 Å². The molecule has 1 heterocycles. The summed E-state index contributed by atoms with van der Waals surface area (Å²) < 4.78 is 0. The lowest BCUT2D eigenvalue weighted by atomic mass is 9.89. The van der Waals surface area contributed by atoms with Crippen molar-refractivity contribution in [1.82, 2.24) is 15.5 Å². The first-order valence-electron chi connectivity index (χ1n) is 7.59. The van der Waals surface area contributed by atoms with Crippen molar-refractivity contribution in [2.24, 2.45) is 5.92 Å². The van der Waals surface area contributed by atoms with Crippen LogP contribution in [0.2, 0.25) is 0 Å². The van der Waals surface area contributed by atoms with E-state index < -0.39 is 0 Å². The topological polar surface area (TPSA) is 27.3 Å². The van der Waals surface area contributed by atoms with Crippen LogP contribution in [0, 0.1) is 5.92 Å². The van der Waals surface area contributed by atoms with Crippen LogP contribution in [0.4, 0.5) is 0 Å². The molecule has 0 aromatic rings. The number of rotatable bonds is 6. The fourth-order valence-corrected chi connectivity index (χ4v) is 3.06. The number of nitrogens with zero attached hydrogens (tertiary/aromatic N) is 1. The molecular weight excluding hydrogens is 210 g/mol. The third-order valence-corrected chi connectivity index (χ3v) is 4.20. The average molecular weight is 239 g/mol. The van der Waals surface area contributed by atoms with Crippen LogP contribution in [0.3, 0.4) is 0 Å². The van der Waals surface area contributed by atoms with Gasteiger partial charge in [-0.25, -0.2) is 0 Å². The van der Waals surface area contributed by atoms with Crippen molar-refractivity contribution in [3.63, 3.8) is 0 Å². The Morgan fingerprint density at radius 2 is 1.82 bits per heavy atom. The lowest BCUT2D eigenvalue weighted by molar-refractivity contribution is 0.236. The van der Waals surface area contributed by atoms with Gasteiger partial charge < -0.3 is 15.5 Å². The van der Waals surface area contributed by atoms with Gasteiger partial charge in [0.1, 0.15) is 0 Å². The maximum Gasteiger partial charge on any atom is 0.0107 e. The highest BCUT2D eigenvalue weighted by Crippen LogP contribution is 2.22. The van der Waals surface area contributed by atoms with Crippen molar-refractivity contribution in [1.29, 1.82) is 0 Å². The average Bonchev–Trinajstić information content (AvgIpc) is 2.41. The molecule has 1 saturated heterocycles. The SMILES string of the molecule is C1CCC(CNCCCN2CCNCC2)CC1. The molecule has 0 atom stereocenters. The molecule has 2 N–H and O–H groups in total. The lowest BCUT2D eigenvalue weighted by Gasteiger charge is -2.27. The van der Waals surface area contributed by atoms with Gasteiger partial charge in [0.15, 0.2) is 0 Å². The van der Waals surface area contributed by atoms with Gasteiger partial charge in [0, 0.05) is 26.2 Å². The smallest absolute Gasteiger partial charge is 0.0107 e. The van der Waals surface area contributed by atoms with E-state index in [1.54, 1.807) is 0 Å². The molecule has 0 aromatic carbocycles. The summed E-state index contributed by atoms with van der Waals surface area (Å²) in [6.07, 6.45) is 8.64. The van der Waals surface area contributed by atoms with Gasteiger partial charge in [0.25, 0.3) is 0 Å². The molecule has 0 unspecified atom stereocenters. The summed E-state index contributed by atoms with van der Waals surface area (Å²) in [7, 11) is 0. The molecule has 0 radical (unpaired) electrons. The quantitative estimate of drug-likeness (QED) is 0.687. The first-order valence-corrected chi connectivity index (χ1v) is 7.59. The van der Waals surface area contributed by atoms with Gasteiger partial charge in [-0.05, 0) is 44.8 Å². The summed E-state index contributed by atoms with van der Waals surface area (Å²) in [5.41, 5.74) is 0. The van der Waals surface area contributed by atoms with E-state index in [9.17, 15) is 0 Å². The van der Waals surface area contributed by atoms with Crippen molar-refractivity contribution in [3.05, 3.63) is 0 Å². The van der Waals surface area contributed by atoms with Crippen LogP contribution in [0.15, 0.2) is 0 Å². The van der Waals surface area contributed by atoms with Gasteiger partial charge in [0.2, 0.25) is 0 Å². The Kier molecular flexibility index (Phi) is 6.32. The van der Waals surface area contributed by atoms with Crippen LogP contribution in [0.25, 0.3) is 0 Å². The van der Waals surface area contributed by atoms with Gasteiger partial charge in [-0.15, -0.1) is 0 Å². The molecule has 17 heavy (non-hydrogen) atoms. The first kappa shape index (κ1) is 13.3. The molecule has 2 fully saturated rings. The molecule has 1 aliphatic carbocycles. The molecule has 100 valence electrons. The minimum absolute atomic E-state index is 0.975. The van der Waals surface area contributed by atoms with Crippen molar-refractivity contribution < 1.29 is 0 Å². The minimum Gasteiger partial charge on any atom is -0.316 e. The Morgan fingerprint density at radius 3 is 2.59 bits per heavy atom. The fraction of sp³-hybridized carbons (Fsp3) is 1.00. The maximum atomic E-state index is 3.65. The predicted molar refractivity (Wildman–Crippen MR) is 73.4 cm³/mol. The van der Waals surface area contributed by atoms with Crippen molar-refractivity contribution in [3.8, 4) is 0 Å². The second-order valence-electron chi connectivity index (χ2n) is 5.65. The first-order chi connectivity index (χ1) is 8.45. The molecule has 3 heteroatoms. The Hall–Kier alpha value is -0.120. The molecule has 0 aromatic heterocycles. The zero-order valence-corrected chi connectivity index (χ0v) is 11.2. The van der Waals surface area contributed by atoms with Crippen LogP contribution in [-0.2, 0) is 0 Å². The Morgan fingerprint density at radius 1 is 1.06 bits per heavy atom. The van der Waals surface area contributed by atoms with E-state index in [0.717, 1.165) is 5.92 Å². The van der Waals surface area contributed by atoms with E-state index in [1.165, 1.54) is 84.3 Å². The maximum absolute atomic E-state index is 3.65. The predicted octanol–water partition coefficient (Wildman–Crippen LogP) is 1.45. The molecular formula is C14H29N3. The molecule has 1 aliphatic heterocycles. The number of hydrogen-bond acceptors (Lipinski definition) is 3. The molecule has 2 aliphatic rings. The third-order valence-electron chi connectivity index (χ3n) is 4.20. The third kappa shape index (κ3) is 5.36. The van der Waals surface area contributed by atoms with Gasteiger partial charge in [-0.3, -0.25) is 0 Å². The molecule has 0 bridgehead atoms. The zero-order chi connectivity index (χ0) is 11.8. The van der Waals surface area contributed by atoms with Gasteiger partial charge in [-0.2, -0.15) is 0 Å². The van der Waals surface area contributed by atoms with Gasteiger partial charge in [-0.1, -0.05) is 19.3 Å². The molecule has 2 rings (SSSR count). The fourth-order valence-electron chi connectivity index (χ4n) is 3.06. The van der Waals surface area contributed by atoms with Crippen molar-refractivity contribution in [2.45, 2.75) is 38.5 Å². The summed E-state index contributed by atoms with van der Waals surface area (Å²) >= 11 is 0. The number of nitrogens with one attached hydrogen (secondary N) is 2. The van der Waals surface area contributed by atoms with Gasteiger partial charge >= 0.3 is 0 Å². The van der Waals surface area contributed by atoms with Crippen molar-refractivity contribution in [2.75, 3.05) is 45.8 Å². The van der Waals surface area contributed by atoms with E-state index in [0.29, 0.717) is 0 Å². The second kappa shape index (κ2) is 8.06. The Balaban J connectivity index is 1.42. The van der Waals surface area contributed by atoms with Crippen LogP contribution in [0.1, 0.15) is 38.5 Å². The highest BCUT2D eigenvalue weighted by molar-refractivity contribution is 4.70. The summed E-state index contributed by atoms with van der Waals surface area (Å²) in [4.78, 5) is 2.58. The summed E-state index contributed by atoms with van der Waals surface area (Å²) in [6.45, 7) is 8.58. The summed E-state index contributed by atoms with van der Waals surface area (Å²) in [5.74, 6) is 0.975. The molecule has 0 spiro atoms. The largest absolute Gasteiger partial charge is 0.316 e. The highest BCUT2D eigenvalue weighted by atomic mass is 15.2. The highest BCUT2D eigenvalue weighted by Gasteiger charge is 2.12. The molecule has 3 nitrogen and oxygen atoms in total. The normalized spacial score (nSPS) is 24.0. The summed E-state index contributed by atoms with van der Waals surface area (Å²) in [5, 5.41) is 7.05. The Labute approximate surface area is 106 Å². The summed E-state index contributed by atoms with van der Waals surface area (Å²) in [6, 6.07) is 0. The number of piperazine rings is 1. The van der Waals surface area contributed by atoms with Crippen LogP contribution >= 0.6 is 0 Å². The van der Waals surface area contributed by atoms with Crippen LogP contribution < -0.4 is 10.6 Å². The van der Waals surface area contributed by atoms with Gasteiger partial charge in [0.05, 0.1) is 0 Å². The molecule has 0 amide bonds. The van der Waals surface area contributed by atoms with Crippen LogP contribution in [0.5, 0.6) is 0 Å². The van der Waals surface area contributed by atoms with E-state index in [4.69, 9.17) is 0 Å². The van der Waals surface area contributed by atoms with E-state index in [-0.39, 0.29) is 0 Å². The monoisotopic (exact) mass is 239 g/mol. The Bertz CT molecular complexity index is 164. The van der Waals surface area contributed by atoms with E-state index >= 15 is 0 Å². The van der Waals surface area contributed by atoms with E-state index in [1.807, 2.05) is 0 Å². The number of hydrogen-bond donors (Lipinski definition) is 2. The van der Waals surface area contributed by atoms with Crippen LogP contribution in [-0.4, -0.2) is 50.7 Å². The molecule has 1 saturated carbocycles. The minimum atomic E-state index is 0.975. The second-order valence-corrected chi connectivity index (χ2v) is 5.65.